The molecule has 0 aliphatic rings. The number of halogens is 4. The Labute approximate surface area is 174 Å². The number of amides is 1. The van der Waals surface area contributed by atoms with Gasteiger partial charge in [-0.25, -0.2) is 13.8 Å². The Balaban J connectivity index is 2.07. The van der Waals surface area contributed by atoms with Crippen LogP contribution in [0.15, 0.2) is 24.3 Å². The summed E-state index contributed by atoms with van der Waals surface area (Å²) >= 11 is 12.6. The van der Waals surface area contributed by atoms with Gasteiger partial charge in [-0.3, -0.25) is 4.79 Å². The van der Waals surface area contributed by atoms with Crippen molar-refractivity contribution in [3.63, 3.8) is 0 Å². The van der Waals surface area contributed by atoms with Gasteiger partial charge in [0.15, 0.2) is 0 Å². The van der Waals surface area contributed by atoms with Crippen LogP contribution in [0, 0.1) is 0 Å². The van der Waals surface area contributed by atoms with Gasteiger partial charge in [0.05, 0.1) is 32.3 Å². The van der Waals surface area contributed by atoms with Crippen LogP contribution in [0.25, 0.3) is 11.0 Å². The topological polar surface area (TPSA) is 108 Å². The van der Waals surface area contributed by atoms with Crippen molar-refractivity contribution < 1.29 is 18.3 Å². The van der Waals surface area contributed by atoms with E-state index in [4.69, 9.17) is 39.4 Å². The standard InChI is InChI=1S/C18H17Cl2F2N5O2/c1-27-12-5-13(29-7-14(21)22)9(17(24)28)4-11(12)25-18(27)26-16-10(19)3-2-8(6-23)15(16)20/h2-5,14H,6-7,23H2,1H3,(H2,24,28)(H,25,26). The summed E-state index contributed by atoms with van der Waals surface area (Å²) < 4.78 is 31.7. The number of nitrogens with two attached hydrogens (primary N) is 2. The summed E-state index contributed by atoms with van der Waals surface area (Å²) in [5.41, 5.74) is 13.0. The third-order valence-corrected chi connectivity index (χ3v) is 4.99. The number of nitrogens with zero attached hydrogens (tertiary/aromatic N) is 2. The maximum Gasteiger partial charge on any atom is 0.272 e. The number of alkyl halides is 2. The van der Waals surface area contributed by atoms with Crippen molar-refractivity contribution >= 4 is 51.8 Å². The molecule has 0 unspecified atom stereocenters. The molecule has 11 heteroatoms. The second kappa shape index (κ2) is 8.40. The summed E-state index contributed by atoms with van der Waals surface area (Å²) in [7, 11) is 1.69. The maximum atomic E-state index is 12.5. The van der Waals surface area contributed by atoms with Crippen molar-refractivity contribution in [1.82, 2.24) is 9.55 Å². The Morgan fingerprint density at radius 3 is 2.69 bits per heavy atom. The first-order valence-corrected chi connectivity index (χ1v) is 9.13. The van der Waals surface area contributed by atoms with Gasteiger partial charge in [0.2, 0.25) is 5.95 Å². The lowest BCUT2D eigenvalue weighted by molar-refractivity contribution is 0.0801. The smallest absolute Gasteiger partial charge is 0.272 e. The minimum atomic E-state index is -2.70. The average molecular weight is 444 g/mol. The lowest BCUT2D eigenvalue weighted by atomic mass is 10.1. The summed E-state index contributed by atoms with van der Waals surface area (Å²) in [5.74, 6) is -0.529. The van der Waals surface area contributed by atoms with E-state index >= 15 is 0 Å². The first-order valence-electron chi connectivity index (χ1n) is 8.38. The molecule has 1 heterocycles. The van der Waals surface area contributed by atoms with Crippen LogP contribution >= 0.6 is 23.2 Å². The molecule has 5 N–H and O–H groups in total. The van der Waals surface area contributed by atoms with E-state index in [1.807, 2.05) is 0 Å². The van der Waals surface area contributed by atoms with E-state index < -0.39 is 18.9 Å². The quantitative estimate of drug-likeness (QED) is 0.514. The largest absolute Gasteiger partial charge is 0.487 e. The second-order valence-electron chi connectivity index (χ2n) is 6.12. The Hall–Kier alpha value is -2.62. The molecular formula is C18H17Cl2F2N5O2. The predicted molar refractivity (Wildman–Crippen MR) is 108 cm³/mol. The van der Waals surface area contributed by atoms with Gasteiger partial charge in [-0.2, -0.15) is 0 Å². The predicted octanol–water partition coefficient (Wildman–Crippen LogP) is 3.83. The van der Waals surface area contributed by atoms with Gasteiger partial charge in [0, 0.05) is 19.7 Å². The van der Waals surface area contributed by atoms with Gasteiger partial charge in [-0.1, -0.05) is 29.3 Å². The van der Waals surface area contributed by atoms with Crippen LogP contribution in [-0.4, -0.2) is 28.5 Å². The summed E-state index contributed by atoms with van der Waals surface area (Å²) in [6.45, 7) is -0.647. The zero-order valence-electron chi connectivity index (χ0n) is 15.2. The number of ether oxygens (including phenoxy) is 1. The van der Waals surface area contributed by atoms with Gasteiger partial charge in [0.1, 0.15) is 12.4 Å². The molecule has 29 heavy (non-hydrogen) atoms. The van der Waals surface area contributed by atoms with Crippen LogP contribution in [0.5, 0.6) is 5.75 Å². The average Bonchev–Trinajstić information content (AvgIpc) is 2.97. The molecule has 1 aromatic heterocycles. The van der Waals surface area contributed by atoms with E-state index in [1.54, 1.807) is 23.7 Å². The van der Waals surface area contributed by atoms with Crippen LogP contribution in [0.3, 0.4) is 0 Å². The molecule has 3 rings (SSSR count). The lowest BCUT2D eigenvalue weighted by Gasteiger charge is -2.13. The molecule has 0 fully saturated rings. The fraction of sp³-hybridized carbons (Fsp3) is 0.222. The van der Waals surface area contributed by atoms with Crippen molar-refractivity contribution in [1.29, 1.82) is 0 Å². The molecule has 0 atom stereocenters. The Bertz CT molecular complexity index is 1090. The number of benzene rings is 2. The molecule has 0 saturated heterocycles. The molecule has 3 aromatic rings. The van der Waals surface area contributed by atoms with Crippen molar-refractivity contribution in [2.75, 3.05) is 11.9 Å². The zero-order valence-corrected chi connectivity index (χ0v) is 16.7. The van der Waals surface area contributed by atoms with Crippen LogP contribution in [-0.2, 0) is 13.6 Å². The fourth-order valence-electron chi connectivity index (χ4n) is 2.78. The molecule has 2 aromatic carbocycles. The van der Waals surface area contributed by atoms with Crippen molar-refractivity contribution in [3.05, 3.63) is 45.4 Å². The monoisotopic (exact) mass is 443 g/mol. The zero-order chi connectivity index (χ0) is 21.3. The number of aryl methyl sites for hydroxylation is 1. The number of hydrogen-bond donors (Lipinski definition) is 3. The highest BCUT2D eigenvalue weighted by atomic mass is 35.5. The minimum absolute atomic E-state index is 0.0519. The summed E-state index contributed by atoms with van der Waals surface area (Å²) in [6, 6.07) is 6.18. The number of carbonyl (C=O) groups excluding carboxylic acids is 1. The van der Waals surface area contributed by atoms with Crippen LogP contribution < -0.4 is 21.5 Å². The summed E-state index contributed by atoms with van der Waals surface area (Å²) in [5, 5.41) is 3.76. The molecule has 0 bridgehead atoms. The fourth-order valence-corrected chi connectivity index (χ4v) is 3.32. The molecule has 0 saturated carbocycles. The number of hydrogen-bond acceptors (Lipinski definition) is 5. The molecule has 154 valence electrons. The van der Waals surface area contributed by atoms with Crippen LogP contribution in [0.4, 0.5) is 20.4 Å². The molecule has 0 aliphatic heterocycles. The number of primary amides is 1. The lowest BCUT2D eigenvalue weighted by Crippen LogP contribution is -2.15. The number of carbonyl (C=O) groups is 1. The van der Waals surface area contributed by atoms with Crippen molar-refractivity contribution in [3.8, 4) is 5.75 Å². The minimum Gasteiger partial charge on any atom is -0.487 e. The highest BCUT2D eigenvalue weighted by Gasteiger charge is 2.19. The number of rotatable bonds is 7. The third kappa shape index (κ3) is 4.21. The van der Waals surface area contributed by atoms with Gasteiger partial charge in [-0.15, -0.1) is 0 Å². The molecule has 0 radical (unpaired) electrons. The molecule has 1 amide bonds. The number of anilines is 2. The molecular weight excluding hydrogens is 427 g/mol. The Kier molecular flexibility index (Phi) is 6.11. The van der Waals surface area contributed by atoms with Crippen molar-refractivity contribution in [2.24, 2.45) is 18.5 Å². The number of imidazole rings is 1. The van der Waals surface area contributed by atoms with E-state index in [9.17, 15) is 13.6 Å². The SMILES string of the molecule is Cn1c(Nc2c(Cl)ccc(CN)c2Cl)nc2cc(C(N)=O)c(OCC(F)F)cc21. The van der Waals surface area contributed by atoms with Gasteiger partial charge < -0.3 is 26.1 Å². The second-order valence-corrected chi connectivity index (χ2v) is 6.91. The Morgan fingerprint density at radius 1 is 1.34 bits per heavy atom. The van der Waals surface area contributed by atoms with E-state index in [0.717, 1.165) is 0 Å². The van der Waals surface area contributed by atoms with E-state index in [0.29, 0.717) is 38.3 Å². The van der Waals surface area contributed by atoms with Crippen LogP contribution in [0.1, 0.15) is 15.9 Å². The van der Waals surface area contributed by atoms with Gasteiger partial charge in [-0.05, 0) is 17.7 Å². The first-order chi connectivity index (χ1) is 13.7. The van der Waals surface area contributed by atoms with Gasteiger partial charge >= 0.3 is 0 Å². The number of nitrogens with one attached hydrogen (secondary N) is 1. The Morgan fingerprint density at radius 2 is 2.07 bits per heavy atom. The molecule has 0 aliphatic carbocycles. The van der Waals surface area contributed by atoms with E-state index in [2.05, 4.69) is 10.3 Å². The van der Waals surface area contributed by atoms with Gasteiger partial charge in [0.25, 0.3) is 12.3 Å². The molecule has 0 spiro atoms. The highest BCUT2D eigenvalue weighted by Crippen LogP contribution is 2.36. The molecule has 7 nitrogen and oxygen atoms in total. The van der Waals surface area contributed by atoms with E-state index in [1.165, 1.54) is 12.1 Å². The van der Waals surface area contributed by atoms with Crippen LogP contribution in [0.2, 0.25) is 10.0 Å². The number of fused-ring (bicyclic) bond motifs is 1. The summed E-state index contributed by atoms with van der Waals surface area (Å²) in [4.78, 5) is 16.1. The number of aromatic nitrogens is 2. The van der Waals surface area contributed by atoms with Crippen molar-refractivity contribution in [2.45, 2.75) is 13.0 Å². The van der Waals surface area contributed by atoms with E-state index in [-0.39, 0.29) is 17.9 Å². The maximum absolute atomic E-state index is 12.5. The third-order valence-electron chi connectivity index (χ3n) is 4.24. The first kappa shape index (κ1) is 21.1. The normalized spacial score (nSPS) is 11.3. The highest BCUT2D eigenvalue weighted by molar-refractivity contribution is 6.39. The summed E-state index contributed by atoms with van der Waals surface area (Å²) in [6.07, 6.45) is -2.70.